The van der Waals surface area contributed by atoms with Crippen LogP contribution in [0, 0.1) is 0 Å². The summed E-state index contributed by atoms with van der Waals surface area (Å²) in [5.41, 5.74) is 2.30. The highest BCUT2D eigenvalue weighted by atomic mass is 15.3. The van der Waals surface area contributed by atoms with E-state index in [-0.39, 0.29) is 0 Å². The van der Waals surface area contributed by atoms with Crippen molar-refractivity contribution in [2.75, 3.05) is 18.9 Å². The molecule has 1 aliphatic rings. The molecular formula is C14H20N6. The summed E-state index contributed by atoms with van der Waals surface area (Å²) in [5.74, 6) is 0.829. The number of rotatable bonds is 4. The minimum Gasteiger partial charge on any atom is -0.372 e. The van der Waals surface area contributed by atoms with Crippen LogP contribution in [0.1, 0.15) is 30.1 Å². The van der Waals surface area contributed by atoms with Crippen LogP contribution < -0.4 is 5.32 Å². The molecule has 1 fully saturated rings. The average molecular weight is 272 g/mol. The Bertz CT molecular complexity index is 579. The van der Waals surface area contributed by atoms with Crippen LogP contribution in [0.2, 0.25) is 0 Å². The standard InChI is InChI=1S/C14H20N6/c1-15-14-8-16-7-12(18-14)13-4-3-5-20(13)10-11-6-17-19(2)9-11/h6-9,13H,3-5,10H2,1-2H3,(H,15,18)/t13-/m0/s1. The number of nitrogens with one attached hydrogen (secondary N) is 1. The Morgan fingerprint density at radius 1 is 1.35 bits per heavy atom. The lowest BCUT2D eigenvalue weighted by atomic mass is 10.1. The number of hydrogen-bond acceptors (Lipinski definition) is 5. The molecule has 6 heteroatoms. The second-order valence-corrected chi connectivity index (χ2v) is 5.23. The molecule has 0 unspecified atom stereocenters. The summed E-state index contributed by atoms with van der Waals surface area (Å²) in [4.78, 5) is 11.4. The molecular weight excluding hydrogens is 252 g/mol. The Morgan fingerprint density at radius 3 is 3.00 bits per heavy atom. The van der Waals surface area contributed by atoms with E-state index in [9.17, 15) is 0 Å². The fourth-order valence-electron chi connectivity index (χ4n) is 2.80. The Morgan fingerprint density at radius 2 is 2.25 bits per heavy atom. The maximum Gasteiger partial charge on any atom is 0.144 e. The summed E-state index contributed by atoms with van der Waals surface area (Å²) in [6.07, 6.45) is 9.99. The zero-order chi connectivity index (χ0) is 13.9. The van der Waals surface area contributed by atoms with Crippen molar-refractivity contribution in [2.45, 2.75) is 25.4 Å². The van der Waals surface area contributed by atoms with Crippen molar-refractivity contribution in [3.05, 3.63) is 36.0 Å². The van der Waals surface area contributed by atoms with Gasteiger partial charge in [0, 0.05) is 32.4 Å². The highest BCUT2D eigenvalue weighted by Gasteiger charge is 2.27. The molecule has 0 spiro atoms. The van der Waals surface area contributed by atoms with Crippen LogP contribution in [0.15, 0.2) is 24.8 Å². The predicted molar refractivity (Wildman–Crippen MR) is 77.2 cm³/mol. The van der Waals surface area contributed by atoms with Gasteiger partial charge in [0.25, 0.3) is 0 Å². The first-order chi connectivity index (χ1) is 9.76. The molecule has 20 heavy (non-hydrogen) atoms. The first kappa shape index (κ1) is 13.1. The van der Waals surface area contributed by atoms with Crippen LogP contribution in [0.3, 0.4) is 0 Å². The Hall–Kier alpha value is -1.95. The van der Waals surface area contributed by atoms with Crippen molar-refractivity contribution < 1.29 is 0 Å². The van der Waals surface area contributed by atoms with E-state index in [1.165, 1.54) is 12.0 Å². The van der Waals surface area contributed by atoms with Gasteiger partial charge < -0.3 is 5.32 Å². The van der Waals surface area contributed by atoms with Gasteiger partial charge in [-0.1, -0.05) is 0 Å². The van der Waals surface area contributed by atoms with Gasteiger partial charge in [0.2, 0.25) is 0 Å². The molecule has 0 bridgehead atoms. The van der Waals surface area contributed by atoms with Gasteiger partial charge in [0.05, 0.1) is 30.3 Å². The summed E-state index contributed by atoms with van der Waals surface area (Å²) in [5, 5.41) is 7.29. The van der Waals surface area contributed by atoms with E-state index in [1.54, 1.807) is 6.20 Å². The first-order valence-electron chi connectivity index (χ1n) is 6.97. The smallest absolute Gasteiger partial charge is 0.144 e. The molecule has 0 aromatic carbocycles. The maximum atomic E-state index is 4.63. The van der Waals surface area contributed by atoms with Gasteiger partial charge in [-0.15, -0.1) is 0 Å². The summed E-state index contributed by atoms with van der Waals surface area (Å²) >= 11 is 0. The second kappa shape index (κ2) is 5.58. The second-order valence-electron chi connectivity index (χ2n) is 5.23. The highest BCUT2D eigenvalue weighted by Crippen LogP contribution is 2.32. The predicted octanol–water partition coefficient (Wildman–Crippen LogP) is 1.59. The quantitative estimate of drug-likeness (QED) is 0.916. The number of hydrogen-bond donors (Lipinski definition) is 1. The molecule has 6 nitrogen and oxygen atoms in total. The van der Waals surface area contributed by atoms with E-state index < -0.39 is 0 Å². The van der Waals surface area contributed by atoms with E-state index in [4.69, 9.17) is 0 Å². The van der Waals surface area contributed by atoms with Crippen LogP contribution in [-0.2, 0) is 13.6 Å². The van der Waals surface area contributed by atoms with Gasteiger partial charge in [0.15, 0.2) is 0 Å². The van der Waals surface area contributed by atoms with Gasteiger partial charge >= 0.3 is 0 Å². The minimum absolute atomic E-state index is 0.357. The minimum atomic E-state index is 0.357. The van der Waals surface area contributed by atoms with Crippen LogP contribution in [0.4, 0.5) is 5.82 Å². The number of aryl methyl sites for hydroxylation is 1. The fraction of sp³-hybridized carbons (Fsp3) is 0.500. The molecule has 1 N–H and O–H groups in total. The molecule has 3 rings (SSSR count). The number of aromatic nitrogens is 4. The molecule has 1 atom stereocenters. The monoisotopic (exact) mass is 272 g/mol. The van der Waals surface area contributed by atoms with Gasteiger partial charge in [-0.25, -0.2) is 4.98 Å². The largest absolute Gasteiger partial charge is 0.372 e. The number of nitrogens with zero attached hydrogens (tertiary/aromatic N) is 5. The molecule has 2 aromatic heterocycles. The summed E-state index contributed by atoms with van der Waals surface area (Å²) in [7, 11) is 3.82. The van der Waals surface area contributed by atoms with Crippen molar-refractivity contribution >= 4 is 5.82 Å². The first-order valence-corrected chi connectivity index (χ1v) is 6.97. The summed E-state index contributed by atoms with van der Waals surface area (Å²) < 4.78 is 1.85. The molecule has 106 valence electrons. The zero-order valence-corrected chi connectivity index (χ0v) is 12.0. The summed E-state index contributed by atoms with van der Waals surface area (Å²) in [6, 6.07) is 0.357. The van der Waals surface area contributed by atoms with Crippen molar-refractivity contribution in [2.24, 2.45) is 7.05 Å². The van der Waals surface area contributed by atoms with Gasteiger partial charge in [-0.05, 0) is 19.4 Å². The molecule has 3 heterocycles. The van der Waals surface area contributed by atoms with E-state index in [1.807, 2.05) is 31.2 Å². The van der Waals surface area contributed by atoms with Gasteiger partial charge in [-0.3, -0.25) is 14.6 Å². The lowest BCUT2D eigenvalue weighted by Crippen LogP contribution is -2.23. The molecule has 1 saturated heterocycles. The van der Waals surface area contributed by atoms with E-state index in [2.05, 4.69) is 31.5 Å². The third-order valence-corrected chi connectivity index (χ3v) is 3.76. The number of likely N-dealkylation sites (tertiary alicyclic amines) is 1. The topological polar surface area (TPSA) is 58.9 Å². The number of anilines is 1. The summed E-state index contributed by atoms with van der Waals surface area (Å²) in [6.45, 7) is 2.02. The van der Waals surface area contributed by atoms with E-state index in [0.717, 1.165) is 31.0 Å². The lowest BCUT2D eigenvalue weighted by molar-refractivity contribution is 0.244. The fourth-order valence-corrected chi connectivity index (χ4v) is 2.80. The van der Waals surface area contributed by atoms with Crippen LogP contribution in [0.25, 0.3) is 0 Å². The molecule has 0 saturated carbocycles. The molecule has 2 aromatic rings. The third-order valence-electron chi connectivity index (χ3n) is 3.76. The Labute approximate surface area is 118 Å². The molecule has 0 amide bonds. The lowest BCUT2D eigenvalue weighted by Gasteiger charge is -2.23. The van der Waals surface area contributed by atoms with Crippen molar-refractivity contribution in [3.8, 4) is 0 Å². The van der Waals surface area contributed by atoms with Gasteiger partial charge in [0.1, 0.15) is 5.82 Å². The van der Waals surface area contributed by atoms with Crippen molar-refractivity contribution in [1.82, 2.24) is 24.6 Å². The van der Waals surface area contributed by atoms with Gasteiger partial charge in [-0.2, -0.15) is 5.10 Å². The van der Waals surface area contributed by atoms with E-state index in [0.29, 0.717) is 6.04 Å². The average Bonchev–Trinajstić information content (AvgIpc) is 3.08. The highest BCUT2D eigenvalue weighted by molar-refractivity contribution is 5.31. The van der Waals surface area contributed by atoms with Crippen LogP contribution >= 0.6 is 0 Å². The molecule has 1 aliphatic heterocycles. The SMILES string of the molecule is CNc1cncc([C@@H]2CCCN2Cc2cnn(C)c2)n1. The zero-order valence-electron chi connectivity index (χ0n) is 12.0. The molecule has 0 radical (unpaired) electrons. The Kier molecular flexibility index (Phi) is 3.64. The van der Waals surface area contributed by atoms with Crippen LogP contribution in [-0.4, -0.2) is 38.2 Å². The normalized spacial score (nSPS) is 19.4. The van der Waals surface area contributed by atoms with Crippen LogP contribution in [0.5, 0.6) is 0 Å². The maximum absolute atomic E-state index is 4.63. The van der Waals surface area contributed by atoms with Crippen molar-refractivity contribution in [1.29, 1.82) is 0 Å². The molecule has 0 aliphatic carbocycles. The third kappa shape index (κ3) is 2.65. The van der Waals surface area contributed by atoms with Crippen molar-refractivity contribution in [3.63, 3.8) is 0 Å². The Balaban J connectivity index is 1.77. The van der Waals surface area contributed by atoms with E-state index >= 15 is 0 Å².